The van der Waals surface area contributed by atoms with Gasteiger partial charge >= 0.3 is 0 Å². The summed E-state index contributed by atoms with van der Waals surface area (Å²) in [6.07, 6.45) is 4.78. The first-order chi connectivity index (χ1) is 9.33. The minimum Gasteiger partial charge on any atom is -0.379 e. The Bertz CT molecular complexity index is 408. The van der Waals surface area contributed by atoms with E-state index < -0.39 is 0 Å². The number of morpholine rings is 1. The Labute approximate surface area is 112 Å². The fraction of sp³-hybridized carbons (Fsp3) is 0.692. The number of halogens is 1. The van der Waals surface area contributed by atoms with Gasteiger partial charge in [0.2, 0.25) is 5.95 Å². The van der Waals surface area contributed by atoms with Gasteiger partial charge in [-0.25, -0.2) is 14.4 Å². The molecule has 6 heteroatoms. The van der Waals surface area contributed by atoms with E-state index in [-0.39, 0.29) is 5.82 Å². The fourth-order valence-corrected chi connectivity index (χ4v) is 2.82. The van der Waals surface area contributed by atoms with Gasteiger partial charge in [0.1, 0.15) is 0 Å². The van der Waals surface area contributed by atoms with Crippen molar-refractivity contribution >= 4 is 5.95 Å². The molecule has 0 aromatic carbocycles. The molecule has 0 spiro atoms. The third-order valence-corrected chi connectivity index (χ3v) is 3.81. The second-order valence-electron chi connectivity index (χ2n) is 5.10. The van der Waals surface area contributed by atoms with Crippen molar-refractivity contribution in [3.8, 4) is 0 Å². The van der Waals surface area contributed by atoms with Gasteiger partial charge in [0.25, 0.3) is 0 Å². The number of aromatic nitrogens is 2. The van der Waals surface area contributed by atoms with E-state index in [4.69, 9.17) is 4.74 Å². The topological polar surface area (TPSA) is 41.5 Å². The van der Waals surface area contributed by atoms with Crippen molar-refractivity contribution in [2.75, 3.05) is 44.3 Å². The fourth-order valence-electron chi connectivity index (χ4n) is 2.82. The molecule has 104 valence electrons. The van der Waals surface area contributed by atoms with Gasteiger partial charge in [0, 0.05) is 32.2 Å². The number of hydrogen-bond donors (Lipinski definition) is 0. The Morgan fingerprint density at radius 3 is 2.68 bits per heavy atom. The maximum Gasteiger partial charge on any atom is 0.225 e. The van der Waals surface area contributed by atoms with Crippen LogP contribution in [0.25, 0.3) is 0 Å². The molecule has 0 aliphatic carbocycles. The Kier molecular flexibility index (Phi) is 3.89. The summed E-state index contributed by atoms with van der Waals surface area (Å²) >= 11 is 0. The van der Waals surface area contributed by atoms with Gasteiger partial charge < -0.3 is 9.64 Å². The smallest absolute Gasteiger partial charge is 0.225 e. The van der Waals surface area contributed by atoms with Crippen LogP contribution in [0.1, 0.15) is 12.8 Å². The first-order valence-corrected chi connectivity index (χ1v) is 6.87. The summed E-state index contributed by atoms with van der Waals surface area (Å²) in [7, 11) is 0. The van der Waals surface area contributed by atoms with Gasteiger partial charge in [-0.05, 0) is 12.8 Å². The van der Waals surface area contributed by atoms with E-state index in [1.807, 2.05) is 0 Å². The molecule has 2 aliphatic heterocycles. The summed E-state index contributed by atoms with van der Waals surface area (Å²) in [4.78, 5) is 12.8. The summed E-state index contributed by atoms with van der Waals surface area (Å²) in [5, 5.41) is 0. The average Bonchev–Trinajstić information content (AvgIpc) is 2.89. The van der Waals surface area contributed by atoms with E-state index in [1.54, 1.807) is 0 Å². The van der Waals surface area contributed by atoms with Gasteiger partial charge in [-0.2, -0.15) is 0 Å². The normalized spacial score (nSPS) is 24.9. The maximum atomic E-state index is 12.9. The number of ether oxygens (including phenoxy) is 1. The van der Waals surface area contributed by atoms with Crippen molar-refractivity contribution in [2.45, 2.75) is 18.9 Å². The Morgan fingerprint density at radius 2 is 1.95 bits per heavy atom. The molecule has 0 saturated carbocycles. The number of rotatable bonds is 3. The monoisotopic (exact) mass is 266 g/mol. The quantitative estimate of drug-likeness (QED) is 0.813. The standard InChI is InChI=1S/C13H19FN4O/c14-11-8-15-13(16-9-11)18-3-1-2-12(18)10-17-4-6-19-7-5-17/h8-9,12H,1-7,10H2. The molecular formula is C13H19FN4O. The van der Waals surface area contributed by atoms with E-state index in [1.165, 1.54) is 12.4 Å². The molecule has 1 aromatic rings. The van der Waals surface area contributed by atoms with E-state index in [0.717, 1.165) is 52.2 Å². The van der Waals surface area contributed by atoms with Crippen LogP contribution in [0, 0.1) is 5.82 Å². The Hall–Kier alpha value is -1.27. The third kappa shape index (κ3) is 3.01. The van der Waals surface area contributed by atoms with Crippen LogP contribution in [0.5, 0.6) is 0 Å². The molecule has 2 fully saturated rings. The zero-order valence-electron chi connectivity index (χ0n) is 11.0. The minimum atomic E-state index is -0.382. The van der Waals surface area contributed by atoms with Crippen molar-refractivity contribution in [2.24, 2.45) is 0 Å². The molecular weight excluding hydrogens is 247 g/mol. The highest BCUT2D eigenvalue weighted by Crippen LogP contribution is 2.23. The second kappa shape index (κ2) is 5.79. The van der Waals surface area contributed by atoms with Gasteiger partial charge in [-0.15, -0.1) is 0 Å². The van der Waals surface area contributed by atoms with Gasteiger partial charge in [-0.1, -0.05) is 0 Å². The number of anilines is 1. The average molecular weight is 266 g/mol. The van der Waals surface area contributed by atoms with Crippen LogP contribution in [-0.2, 0) is 4.74 Å². The molecule has 1 atom stereocenters. The van der Waals surface area contributed by atoms with Crippen molar-refractivity contribution in [1.29, 1.82) is 0 Å². The lowest BCUT2D eigenvalue weighted by Gasteiger charge is -2.32. The predicted molar refractivity (Wildman–Crippen MR) is 69.6 cm³/mol. The molecule has 1 aromatic heterocycles. The lowest BCUT2D eigenvalue weighted by atomic mass is 10.2. The van der Waals surface area contributed by atoms with Crippen LogP contribution in [0.2, 0.25) is 0 Å². The molecule has 1 unspecified atom stereocenters. The second-order valence-corrected chi connectivity index (χ2v) is 5.10. The summed E-state index contributed by atoms with van der Waals surface area (Å²) in [6.45, 7) is 5.60. The van der Waals surface area contributed by atoms with E-state index in [9.17, 15) is 4.39 Å². The number of nitrogens with zero attached hydrogens (tertiary/aromatic N) is 4. The highest BCUT2D eigenvalue weighted by molar-refractivity contribution is 5.32. The van der Waals surface area contributed by atoms with Crippen LogP contribution in [0.3, 0.4) is 0 Å². The maximum absolute atomic E-state index is 12.9. The first kappa shape index (κ1) is 12.7. The summed E-state index contributed by atoms with van der Waals surface area (Å²) in [5.74, 6) is 0.268. The van der Waals surface area contributed by atoms with Crippen molar-refractivity contribution in [1.82, 2.24) is 14.9 Å². The number of hydrogen-bond acceptors (Lipinski definition) is 5. The first-order valence-electron chi connectivity index (χ1n) is 6.87. The zero-order chi connectivity index (χ0) is 13.1. The molecule has 0 amide bonds. The SMILES string of the molecule is Fc1cnc(N2CCCC2CN2CCOCC2)nc1. The molecule has 0 bridgehead atoms. The van der Waals surface area contributed by atoms with Crippen molar-refractivity contribution in [3.63, 3.8) is 0 Å². The predicted octanol–water partition coefficient (Wildman–Crippen LogP) is 0.917. The Morgan fingerprint density at radius 1 is 1.21 bits per heavy atom. The lowest BCUT2D eigenvalue weighted by Crippen LogP contribution is -2.45. The molecule has 5 nitrogen and oxygen atoms in total. The van der Waals surface area contributed by atoms with Gasteiger partial charge in [0.15, 0.2) is 5.82 Å². The van der Waals surface area contributed by atoms with Gasteiger partial charge in [0.05, 0.1) is 25.6 Å². The van der Waals surface area contributed by atoms with E-state index in [0.29, 0.717) is 12.0 Å². The molecule has 3 heterocycles. The van der Waals surface area contributed by atoms with Crippen LogP contribution < -0.4 is 4.90 Å². The molecule has 0 radical (unpaired) electrons. The van der Waals surface area contributed by atoms with E-state index in [2.05, 4.69) is 19.8 Å². The minimum absolute atomic E-state index is 0.382. The van der Waals surface area contributed by atoms with Crippen molar-refractivity contribution < 1.29 is 9.13 Å². The zero-order valence-corrected chi connectivity index (χ0v) is 11.0. The molecule has 2 aliphatic rings. The van der Waals surface area contributed by atoms with Crippen LogP contribution in [-0.4, -0.2) is 60.3 Å². The summed E-state index contributed by atoms with van der Waals surface area (Å²) < 4.78 is 18.2. The summed E-state index contributed by atoms with van der Waals surface area (Å²) in [6, 6.07) is 0.434. The van der Waals surface area contributed by atoms with Gasteiger partial charge in [-0.3, -0.25) is 4.90 Å². The lowest BCUT2D eigenvalue weighted by molar-refractivity contribution is 0.0354. The van der Waals surface area contributed by atoms with Crippen LogP contribution in [0.15, 0.2) is 12.4 Å². The van der Waals surface area contributed by atoms with E-state index >= 15 is 0 Å². The van der Waals surface area contributed by atoms with Crippen molar-refractivity contribution in [3.05, 3.63) is 18.2 Å². The largest absolute Gasteiger partial charge is 0.379 e. The molecule has 0 N–H and O–H groups in total. The molecule has 19 heavy (non-hydrogen) atoms. The molecule has 3 rings (SSSR count). The van der Waals surface area contributed by atoms with Crippen LogP contribution in [0.4, 0.5) is 10.3 Å². The third-order valence-electron chi connectivity index (χ3n) is 3.81. The van der Waals surface area contributed by atoms with Crippen LogP contribution >= 0.6 is 0 Å². The Balaban J connectivity index is 1.65. The highest BCUT2D eigenvalue weighted by Gasteiger charge is 2.28. The summed E-state index contributed by atoms with van der Waals surface area (Å²) in [5.41, 5.74) is 0. The highest BCUT2D eigenvalue weighted by atomic mass is 19.1. The molecule has 2 saturated heterocycles.